The zero-order valence-electron chi connectivity index (χ0n) is 10.5. The van der Waals surface area contributed by atoms with Crippen LogP contribution in [0.25, 0.3) is 0 Å². The van der Waals surface area contributed by atoms with Crippen molar-refractivity contribution in [2.24, 2.45) is 0 Å². The second-order valence-electron chi connectivity index (χ2n) is 4.70. The van der Waals surface area contributed by atoms with E-state index in [0.29, 0.717) is 0 Å². The quantitative estimate of drug-likeness (QED) is 0.824. The first-order chi connectivity index (χ1) is 8.98. The van der Waals surface area contributed by atoms with Crippen LogP contribution in [0.2, 0.25) is 0 Å². The number of hydrogen-bond acceptors (Lipinski definition) is 2. The Labute approximate surface area is 111 Å². The molecule has 1 fully saturated rings. The fourth-order valence-electron chi connectivity index (χ4n) is 2.07. The molecule has 2 rings (SSSR count). The summed E-state index contributed by atoms with van der Waals surface area (Å²) in [7, 11) is 0. The van der Waals surface area contributed by atoms with Crippen molar-refractivity contribution in [2.75, 3.05) is 6.54 Å². The van der Waals surface area contributed by atoms with Gasteiger partial charge in [-0.05, 0) is 12.5 Å². The van der Waals surface area contributed by atoms with Gasteiger partial charge in [0.2, 0.25) is 0 Å². The van der Waals surface area contributed by atoms with Crippen LogP contribution in [0.3, 0.4) is 0 Å². The van der Waals surface area contributed by atoms with E-state index in [9.17, 15) is 13.6 Å². The predicted octanol–water partition coefficient (Wildman–Crippen LogP) is 3.26. The summed E-state index contributed by atoms with van der Waals surface area (Å²) in [5.41, 5.74) is 0.860. The zero-order chi connectivity index (χ0) is 13.9. The number of carbonyl (C=O) groups is 1. The predicted molar refractivity (Wildman–Crippen MR) is 66.7 cm³/mol. The third-order valence-electron chi connectivity index (χ3n) is 3.13. The smallest absolute Gasteiger partial charge is 0.410 e. The van der Waals surface area contributed by atoms with Crippen LogP contribution in [0.1, 0.15) is 18.4 Å². The van der Waals surface area contributed by atoms with Gasteiger partial charge in [-0.3, -0.25) is 0 Å². The fourth-order valence-corrected chi connectivity index (χ4v) is 2.07. The lowest BCUT2D eigenvalue weighted by Gasteiger charge is -2.36. The molecule has 0 N–H and O–H groups in total. The Bertz CT molecular complexity index is 436. The molecule has 1 unspecified atom stereocenters. The van der Waals surface area contributed by atoms with Crippen molar-refractivity contribution in [3.63, 3.8) is 0 Å². The molecule has 103 valence electrons. The number of ether oxygens (including phenoxy) is 1. The van der Waals surface area contributed by atoms with E-state index in [1.54, 1.807) is 0 Å². The Kier molecular flexibility index (Phi) is 4.02. The van der Waals surface area contributed by atoms with Crippen LogP contribution in [-0.4, -0.2) is 29.5 Å². The summed E-state index contributed by atoms with van der Waals surface area (Å²) >= 11 is 0. The Morgan fingerprint density at radius 2 is 2.11 bits per heavy atom. The van der Waals surface area contributed by atoms with Gasteiger partial charge >= 0.3 is 6.09 Å². The van der Waals surface area contributed by atoms with Crippen LogP contribution in [-0.2, 0) is 11.3 Å². The number of halogens is 2. The molecule has 19 heavy (non-hydrogen) atoms. The maximum atomic E-state index is 13.1. The molecule has 1 atom stereocenters. The summed E-state index contributed by atoms with van der Waals surface area (Å²) in [4.78, 5) is 13.1. The Hall–Kier alpha value is -1.65. The van der Waals surface area contributed by atoms with E-state index < -0.39 is 24.5 Å². The van der Waals surface area contributed by atoms with E-state index >= 15 is 0 Å². The van der Waals surface area contributed by atoms with Crippen LogP contribution >= 0.6 is 0 Å². The second-order valence-corrected chi connectivity index (χ2v) is 4.70. The topological polar surface area (TPSA) is 29.5 Å². The Balaban J connectivity index is 1.87. The lowest BCUT2D eigenvalue weighted by atomic mass is 10.0. The summed E-state index contributed by atoms with van der Waals surface area (Å²) in [6.07, 6.45) is -1.33. The van der Waals surface area contributed by atoms with E-state index in [4.69, 9.17) is 4.74 Å². The van der Waals surface area contributed by atoms with Gasteiger partial charge in [0.05, 0.1) is 0 Å². The van der Waals surface area contributed by atoms with Gasteiger partial charge in [-0.15, -0.1) is 0 Å². The first kappa shape index (κ1) is 13.8. The fraction of sp³-hybridized carbons (Fsp3) is 0.429. The molecule has 1 aromatic rings. The Morgan fingerprint density at radius 3 is 2.74 bits per heavy atom. The molecule has 0 bridgehead atoms. The van der Waals surface area contributed by atoms with Crippen LogP contribution in [0.5, 0.6) is 0 Å². The minimum atomic E-state index is -2.73. The Morgan fingerprint density at radius 1 is 1.42 bits per heavy atom. The van der Waals surface area contributed by atoms with E-state index in [1.165, 1.54) is 4.90 Å². The van der Waals surface area contributed by atoms with Gasteiger partial charge in [-0.1, -0.05) is 30.3 Å². The molecule has 0 spiro atoms. The van der Waals surface area contributed by atoms with Gasteiger partial charge in [0, 0.05) is 25.4 Å². The lowest BCUT2D eigenvalue weighted by molar-refractivity contribution is -0.0663. The van der Waals surface area contributed by atoms with Crippen LogP contribution in [0.15, 0.2) is 30.3 Å². The molecule has 1 aromatic carbocycles. The third-order valence-corrected chi connectivity index (χ3v) is 3.13. The molecular weight excluding hydrogens is 252 g/mol. The van der Waals surface area contributed by atoms with Crippen LogP contribution in [0, 0.1) is 6.92 Å². The molecule has 5 heteroatoms. The highest BCUT2D eigenvalue weighted by Gasteiger charge is 2.40. The van der Waals surface area contributed by atoms with Gasteiger partial charge in [0.15, 0.2) is 0 Å². The van der Waals surface area contributed by atoms with Gasteiger partial charge in [0.1, 0.15) is 6.61 Å². The van der Waals surface area contributed by atoms with Gasteiger partial charge in [-0.25, -0.2) is 13.6 Å². The van der Waals surface area contributed by atoms with Crippen molar-refractivity contribution in [3.8, 4) is 0 Å². The van der Waals surface area contributed by atoms with Crippen molar-refractivity contribution >= 4 is 6.09 Å². The molecule has 0 aromatic heterocycles. The number of amides is 1. The standard InChI is InChI=1S/C14H16F2NO2/c1-11-9-14(15,16)7-8-17(11)13(18)19-10-12-5-3-2-4-6-12/h2-6,11H,1,7-10H2. The van der Waals surface area contributed by atoms with E-state index in [1.807, 2.05) is 30.3 Å². The van der Waals surface area contributed by atoms with Crippen molar-refractivity contribution in [3.05, 3.63) is 42.8 Å². The summed E-state index contributed by atoms with van der Waals surface area (Å²) in [5, 5.41) is 0. The van der Waals surface area contributed by atoms with Gasteiger partial charge < -0.3 is 9.64 Å². The molecule has 1 amide bonds. The molecule has 0 aliphatic carbocycles. The first-order valence-electron chi connectivity index (χ1n) is 6.16. The van der Waals surface area contributed by atoms with Crippen LogP contribution < -0.4 is 0 Å². The van der Waals surface area contributed by atoms with E-state index in [2.05, 4.69) is 6.92 Å². The molecule has 1 radical (unpaired) electrons. The number of hydrogen-bond donors (Lipinski definition) is 0. The third kappa shape index (κ3) is 3.66. The number of benzene rings is 1. The van der Waals surface area contributed by atoms with Crippen LogP contribution in [0.4, 0.5) is 13.6 Å². The maximum absolute atomic E-state index is 13.1. The summed E-state index contributed by atoms with van der Waals surface area (Å²) in [5.74, 6) is -2.73. The minimum absolute atomic E-state index is 0.0191. The highest BCUT2D eigenvalue weighted by Crippen LogP contribution is 2.31. The number of rotatable bonds is 2. The molecule has 1 heterocycles. The lowest BCUT2D eigenvalue weighted by Crippen LogP contribution is -2.48. The molecule has 1 aliphatic rings. The maximum Gasteiger partial charge on any atom is 0.410 e. The SMILES string of the molecule is [CH2]C1CC(F)(F)CCN1C(=O)OCc1ccccc1. The van der Waals surface area contributed by atoms with Crippen molar-refractivity contribution in [2.45, 2.75) is 31.4 Å². The normalized spacial score (nSPS) is 22.1. The van der Waals surface area contributed by atoms with Crippen molar-refractivity contribution < 1.29 is 18.3 Å². The summed E-state index contributed by atoms with van der Waals surface area (Å²) in [6.45, 7) is 3.71. The number of carbonyl (C=O) groups excluding carboxylic acids is 1. The van der Waals surface area contributed by atoms with Crippen molar-refractivity contribution in [1.82, 2.24) is 4.90 Å². The second kappa shape index (κ2) is 5.55. The molecule has 3 nitrogen and oxygen atoms in total. The number of nitrogens with zero attached hydrogens (tertiary/aromatic N) is 1. The number of likely N-dealkylation sites (tertiary alicyclic amines) is 1. The largest absolute Gasteiger partial charge is 0.445 e. The number of piperidine rings is 1. The summed E-state index contributed by atoms with van der Waals surface area (Å²) in [6, 6.07) is 8.47. The molecular formula is C14H16F2NO2. The molecule has 1 aliphatic heterocycles. The van der Waals surface area contributed by atoms with Gasteiger partial charge in [0.25, 0.3) is 5.92 Å². The average molecular weight is 268 g/mol. The molecule has 0 saturated carbocycles. The zero-order valence-corrected chi connectivity index (χ0v) is 10.5. The number of alkyl halides is 2. The van der Waals surface area contributed by atoms with E-state index in [-0.39, 0.29) is 19.6 Å². The first-order valence-corrected chi connectivity index (χ1v) is 6.16. The molecule has 1 saturated heterocycles. The van der Waals surface area contributed by atoms with E-state index in [0.717, 1.165) is 5.56 Å². The summed E-state index contributed by atoms with van der Waals surface area (Å²) < 4.78 is 31.4. The minimum Gasteiger partial charge on any atom is -0.445 e. The highest BCUT2D eigenvalue weighted by molar-refractivity contribution is 5.68. The highest BCUT2D eigenvalue weighted by atomic mass is 19.3. The van der Waals surface area contributed by atoms with Gasteiger partial charge in [-0.2, -0.15) is 0 Å². The monoisotopic (exact) mass is 268 g/mol. The van der Waals surface area contributed by atoms with Crippen molar-refractivity contribution in [1.29, 1.82) is 0 Å². The average Bonchev–Trinajstić information content (AvgIpc) is 2.36.